The van der Waals surface area contributed by atoms with E-state index in [0.717, 1.165) is 0 Å². The summed E-state index contributed by atoms with van der Waals surface area (Å²) in [5.74, 6) is -0.297. The molecule has 72 valence electrons. The molecule has 0 aliphatic carbocycles. The molecule has 0 spiro atoms. The molecule has 0 bridgehead atoms. The highest BCUT2D eigenvalue weighted by Gasteiger charge is 2.10. The molecule has 0 saturated carbocycles. The maximum absolute atomic E-state index is 9.48. The molecule has 0 aliphatic rings. The molecular formula is C10H14O3. The van der Waals surface area contributed by atoms with Crippen LogP contribution in [-0.2, 0) is 0 Å². The van der Waals surface area contributed by atoms with Crippen LogP contribution in [-0.4, -0.2) is 15.3 Å². The summed E-state index contributed by atoms with van der Waals surface area (Å²) < 4.78 is 0. The van der Waals surface area contributed by atoms with Gasteiger partial charge in [0.1, 0.15) is 0 Å². The van der Waals surface area contributed by atoms with Crippen molar-refractivity contribution in [2.24, 2.45) is 0 Å². The molecule has 0 saturated heterocycles. The molecule has 0 aromatic heterocycles. The molecule has 3 nitrogen and oxygen atoms in total. The van der Waals surface area contributed by atoms with Crippen molar-refractivity contribution in [1.82, 2.24) is 0 Å². The summed E-state index contributed by atoms with van der Waals surface area (Å²) in [5, 5.41) is 28.0. The molecule has 13 heavy (non-hydrogen) atoms. The number of phenols is 2. The van der Waals surface area contributed by atoms with Crippen LogP contribution >= 0.6 is 0 Å². The number of aryl methyl sites for hydroxylation is 1. The fourth-order valence-corrected chi connectivity index (χ4v) is 1.22. The largest absolute Gasteiger partial charge is 0.504 e. The molecule has 3 heteroatoms. The van der Waals surface area contributed by atoms with Gasteiger partial charge < -0.3 is 15.3 Å². The lowest BCUT2D eigenvalue weighted by Gasteiger charge is -2.10. The van der Waals surface area contributed by atoms with Gasteiger partial charge in [-0.3, -0.25) is 0 Å². The average molecular weight is 182 g/mol. The minimum atomic E-state index is -0.579. The molecule has 0 fully saturated rings. The van der Waals surface area contributed by atoms with E-state index in [1.807, 2.05) is 6.92 Å². The molecular weight excluding hydrogens is 168 g/mol. The minimum Gasteiger partial charge on any atom is -0.504 e. The van der Waals surface area contributed by atoms with Gasteiger partial charge in [-0.05, 0) is 36.6 Å². The van der Waals surface area contributed by atoms with Crippen molar-refractivity contribution in [2.45, 2.75) is 26.4 Å². The van der Waals surface area contributed by atoms with Crippen LogP contribution in [0.5, 0.6) is 11.5 Å². The Labute approximate surface area is 77.3 Å². The molecule has 3 N–H and O–H groups in total. The van der Waals surface area contributed by atoms with E-state index in [-0.39, 0.29) is 11.5 Å². The third-order valence-electron chi connectivity index (χ3n) is 2.07. The van der Waals surface area contributed by atoms with Crippen molar-refractivity contribution in [3.05, 3.63) is 23.3 Å². The van der Waals surface area contributed by atoms with Crippen LogP contribution in [0.1, 0.15) is 30.6 Å². The zero-order chi connectivity index (χ0) is 10.0. The first-order chi connectivity index (χ1) is 6.06. The third kappa shape index (κ3) is 1.92. The summed E-state index contributed by atoms with van der Waals surface area (Å²) in [5.41, 5.74) is 1.21. The van der Waals surface area contributed by atoms with Gasteiger partial charge in [-0.1, -0.05) is 6.92 Å². The number of phenolic OH excluding ortho intramolecular Hbond substituents is 2. The number of aromatic hydroxyl groups is 2. The van der Waals surface area contributed by atoms with Crippen molar-refractivity contribution in [2.75, 3.05) is 0 Å². The van der Waals surface area contributed by atoms with Crippen LogP contribution in [0.2, 0.25) is 0 Å². The maximum Gasteiger partial charge on any atom is 0.160 e. The van der Waals surface area contributed by atoms with Crippen molar-refractivity contribution >= 4 is 0 Å². The van der Waals surface area contributed by atoms with Gasteiger partial charge >= 0.3 is 0 Å². The smallest absolute Gasteiger partial charge is 0.160 e. The first-order valence-electron chi connectivity index (χ1n) is 4.26. The summed E-state index contributed by atoms with van der Waals surface area (Å²) in [6.45, 7) is 3.53. The van der Waals surface area contributed by atoms with Gasteiger partial charge in [0.25, 0.3) is 0 Å². The summed E-state index contributed by atoms with van der Waals surface area (Å²) in [7, 11) is 0. The summed E-state index contributed by atoms with van der Waals surface area (Å²) in [4.78, 5) is 0. The standard InChI is InChI=1S/C10H14O3/c1-3-8(11)7-4-6(2)10(13)9(12)5-7/h4-5,8,11-13H,3H2,1-2H3. The Morgan fingerprint density at radius 2 is 1.92 bits per heavy atom. The van der Waals surface area contributed by atoms with Gasteiger partial charge in [0.05, 0.1) is 6.10 Å². The lowest BCUT2D eigenvalue weighted by atomic mass is 10.0. The van der Waals surface area contributed by atoms with Gasteiger partial charge in [-0.2, -0.15) is 0 Å². The van der Waals surface area contributed by atoms with E-state index in [0.29, 0.717) is 17.5 Å². The monoisotopic (exact) mass is 182 g/mol. The first-order valence-corrected chi connectivity index (χ1v) is 4.26. The minimum absolute atomic E-state index is 0.118. The Morgan fingerprint density at radius 3 is 2.38 bits per heavy atom. The summed E-state index contributed by atoms with van der Waals surface area (Å²) in [6, 6.07) is 3.06. The first kappa shape index (κ1) is 9.86. The second kappa shape index (κ2) is 3.66. The predicted octanol–water partition coefficient (Wildman–Crippen LogP) is 1.85. The number of aliphatic hydroxyl groups is 1. The van der Waals surface area contributed by atoms with Gasteiger partial charge in [-0.25, -0.2) is 0 Å². The normalized spacial score (nSPS) is 12.8. The Hall–Kier alpha value is -1.22. The highest BCUT2D eigenvalue weighted by Crippen LogP contribution is 2.32. The Kier molecular flexibility index (Phi) is 2.78. The van der Waals surface area contributed by atoms with E-state index >= 15 is 0 Å². The molecule has 1 aromatic rings. The second-order valence-electron chi connectivity index (χ2n) is 3.13. The molecule has 0 radical (unpaired) electrons. The second-order valence-corrected chi connectivity index (χ2v) is 3.13. The zero-order valence-electron chi connectivity index (χ0n) is 7.78. The van der Waals surface area contributed by atoms with Crippen LogP contribution in [0.25, 0.3) is 0 Å². The number of hydrogen-bond acceptors (Lipinski definition) is 3. The predicted molar refractivity (Wildman–Crippen MR) is 49.8 cm³/mol. The lowest BCUT2D eigenvalue weighted by Crippen LogP contribution is -1.95. The Balaban J connectivity index is 3.13. The summed E-state index contributed by atoms with van der Waals surface area (Å²) >= 11 is 0. The number of aliphatic hydroxyl groups excluding tert-OH is 1. The fourth-order valence-electron chi connectivity index (χ4n) is 1.22. The molecule has 0 amide bonds. The lowest BCUT2D eigenvalue weighted by molar-refractivity contribution is 0.173. The number of hydrogen-bond donors (Lipinski definition) is 3. The molecule has 0 heterocycles. The summed E-state index contributed by atoms with van der Waals surface area (Å²) in [6.07, 6.45) is 0.00844. The van der Waals surface area contributed by atoms with E-state index in [4.69, 9.17) is 0 Å². The number of rotatable bonds is 2. The van der Waals surface area contributed by atoms with E-state index in [1.54, 1.807) is 13.0 Å². The molecule has 0 aliphatic heterocycles. The molecule has 1 rings (SSSR count). The molecule has 1 unspecified atom stereocenters. The van der Waals surface area contributed by atoms with Crippen LogP contribution < -0.4 is 0 Å². The van der Waals surface area contributed by atoms with Gasteiger partial charge in [0.15, 0.2) is 11.5 Å². The SMILES string of the molecule is CCC(O)c1cc(C)c(O)c(O)c1. The van der Waals surface area contributed by atoms with Crippen molar-refractivity contribution in [3.8, 4) is 11.5 Å². The highest BCUT2D eigenvalue weighted by molar-refractivity contribution is 5.47. The van der Waals surface area contributed by atoms with Crippen LogP contribution in [0.3, 0.4) is 0 Å². The number of benzene rings is 1. The fraction of sp³-hybridized carbons (Fsp3) is 0.400. The molecule has 1 aromatic carbocycles. The van der Waals surface area contributed by atoms with Crippen molar-refractivity contribution in [1.29, 1.82) is 0 Å². The molecule has 1 atom stereocenters. The van der Waals surface area contributed by atoms with Gasteiger partial charge in [-0.15, -0.1) is 0 Å². The van der Waals surface area contributed by atoms with Gasteiger partial charge in [0.2, 0.25) is 0 Å². The quantitative estimate of drug-likeness (QED) is 0.612. The third-order valence-corrected chi connectivity index (χ3v) is 2.07. The zero-order valence-corrected chi connectivity index (χ0v) is 7.78. The van der Waals surface area contributed by atoms with Crippen LogP contribution in [0.15, 0.2) is 12.1 Å². The van der Waals surface area contributed by atoms with E-state index in [1.165, 1.54) is 6.07 Å². The Bertz CT molecular complexity index is 284. The Morgan fingerprint density at radius 1 is 1.31 bits per heavy atom. The maximum atomic E-state index is 9.48. The van der Waals surface area contributed by atoms with E-state index < -0.39 is 6.10 Å². The van der Waals surface area contributed by atoms with Crippen LogP contribution in [0, 0.1) is 6.92 Å². The highest BCUT2D eigenvalue weighted by atomic mass is 16.3. The van der Waals surface area contributed by atoms with Crippen LogP contribution in [0.4, 0.5) is 0 Å². The topological polar surface area (TPSA) is 60.7 Å². The van der Waals surface area contributed by atoms with Crippen molar-refractivity contribution in [3.63, 3.8) is 0 Å². The van der Waals surface area contributed by atoms with E-state index in [9.17, 15) is 15.3 Å². The average Bonchev–Trinajstić information content (AvgIpc) is 2.12. The van der Waals surface area contributed by atoms with E-state index in [2.05, 4.69) is 0 Å². The van der Waals surface area contributed by atoms with Gasteiger partial charge in [0, 0.05) is 0 Å². The van der Waals surface area contributed by atoms with Crippen molar-refractivity contribution < 1.29 is 15.3 Å².